The molecule has 1 aromatic carbocycles. The van der Waals surface area contributed by atoms with Crippen molar-refractivity contribution < 1.29 is 9.18 Å². The van der Waals surface area contributed by atoms with Crippen molar-refractivity contribution in [3.05, 3.63) is 77.8 Å². The van der Waals surface area contributed by atoms with Crippen LogP contribution in [0.2, 0.25) is 0 Å². The number of benzene rings is 1. The smallest absolute Gasteiger partial charge is 0.251 e. The molecule has 120 valence electrons. The van der Waals surface area contributed by atoms with Crippen molar-refractivity contribution in [1.82, 2.24) is 19.9 Å². The first-order valence-corrected chi connectivity index (χ1v) is 7.74. The third-order valence-electron chi connectivity index (χ3n) is 4.26. The number of aryl methyl sites for hydroxylation is 1. The molecular weight excluding hydrogens is 307 g/mol. The molecule has 2 heterocycles. The Morgan fingerprint density at radius 2 is 2.17 bits per heavy atom. The number of nitrogens with zero attached hydrogens (tertiary/aromatic N) is 3. The number of hydrogen-bond donors (Lipinski definition) is 1. The predicted octanol–water partition coefficient (Wildman–Crippen LogP) is 2.82. The molecule has 0 unspecified atom stereocenters. The molecule has 3 aromatic rings. The van der Waals surface area contributed by atoms with Gasteiger partial charge in [-0.2, -0.15) is 0 Å². The molecule has 4 rings (SSSR count). The van der Waals surface area contributed by atoms with Gasteiger partial charge in [0.1, 0.15) is 18.0 Å². The lowest BCUT2D eigenvalue weighted by molar-refractivity contribution is 0.0936. The molecular formula is C18H15FN4O. The third kappa shape index (κ3) is 2.67. The van der Waals surface area contributed by atoms with Crippen LogP contribution in [0.5, 0.6) is 0 Å². The molecule has 0 spiro atoms. The number of imidazole rings is 1. The van der Waals surface area contributed by atoms with Gasteiger partial charge in [-0.15, -0.1) is 0 Å². The highest BCUT2D eigenvalue weighted by molar-refractivity contribution is 5.94. The minimum atomic E-state index is -0.236. The summed E-state index contributed by atoms with van der Waals surface area (Å²) in [5.41, 5.74) is 2.49. The van der Waals surface area contributed by atoms with Gasteiger partial charge in [-0.05, 0) is 48.2 Å². The van der Waals surface area contributed by atoms with Crippen LogP contribution in [0.4, 0.5) is 4.39 Å². The fourth-order valence-corrected chi connectivity index (χ4v) is 3.07. The molecule has 0 radical (unpaired) electrons. The van der Waals surface area contributed by atoms with Crippen LogP contribution in [0, 0.1) is 5.82 Å². The van der Waals surface area contributed by atoms with Gasteiger partial charge in [0.25, 0.3) is 5.91 Å². The minimum Gasteiger partial charge on any atom is -0.345 e. The fraction of sp³-hybridized carbons (Fsp3) is 0.167. The second kappa shape index (κ2) is 5.88. The number of pyridine rings is 1. The van der Waals surface area contributed by atoms with E-state index >= 15 is 0 Å². The van der Waals surface area contributed by atoms with Crippen LogP contribution in [-0.4, -0.2) is 20.4 Å². The molecule has 24 heavy (non-hydrogen) atoms. The summed E-state index contributed by atoms with van der Waals surface area (Å²) in [5.74, 6) is 0.231. The Morgan fingerprint density at radius 3 is 3.00 bits per heavy atom. The van der Waals surface area contributed by atoms with Crippen molar-refractivity contribution in [2.45, 2.75) is 18.9 Å². The Labute approximate surface area is 138 Å². The Balaban J connectivity index is 1.55. The zero-order chi connectivity index (χ0) is 16.5. The minimum absolute atomic E-state index is 0.0852. The summed E-state index contributed by atoms with van der Waals surface area (Å²) in [6.45, 7) is 0. The van der Waals surface area contributed by atoms with Crippen LogP contribution in [0.3, 0.4) is 0 Å². The molecule has 5 nitrogen and oxygen atoms in total. The molecule has 0 saturated carbocycles. The van der Waals surface area contributed by atoms with E-state index in [1.807, 2.05) is 0 Å². The van der Waals surface area contributed by atoms with Gasteiger partial charge in [0, 0.05) is 24.2 Å². The second-order valence-electron chi connectivity index (χ2n) is 5.78. The van der Waals surface area contributed by atoms with Gasteiger partial charge in [-0.1, -0.05) is 6.07 Å². The third-order valence-corrected chi connectivity index (χ3v) is 4.26. The SMILES string of the molecule is O=C(N[C@@H]1CCc2cc(F)ccc21)c1ccnc(-n2ccnc2)c1. The van der Waals surface area contributed by atoms with Crippen LogP contribution >= 0.6 is 0 Å². The molecule has 1 atom stereocenters. The average molecular weight is 322 g/mol. The van der Waals surface area contributed by atoms with Gasteiger partial charge in [-0.25, -0.2) is 14.4 Å². The zero-order valence-corrected chi connectivity index (χ0v) is 12.8. The van der Waals surface area contributed by atoms with E-state index in [0.717, 1.165) is 24.0 Å². The van der Waals surface area contributed by atoms with Crippen molar-refractivity contribution in [2.75, 3.05) is 0 Å². The number of halogens is 1. The Morgan fingerprint density at radius 1 is 1.25 bits per heavy atom. The van der Waals surface area contributed by atoms with Gasteiger partial charge in [0.15, 0.2) is 0 Å². The molecule has 1 aliphatic rings. The summed E-state index contributed by atoms with van der Waals surface area (Å²) in [7, 11) is 0. The zero-order valence-electron chi connectivity index (χ0n) is 12.8. The molecule has 0 aliphatic heterocycles. The van der Waals surface area contributed by atoms with E-state index in [4.69, 9.17) is 0 Å². The number of amides is 1. The topological polar surface area (TPSA) is 59.8 Å². The average Bonchev–Trinajstić information content (AvgIpc) is 3.25. The molecule has 0 bridgehead atoms. The number of nitrogens with one attached hydrogen (secondary N) is 1. The van der Waals surface area contributed by atoms with Gasteiger partial charge in [0.2, 0.25) is 0 Å². The van der Waals surface area contributed by atoms with Gasteiger partial charge >= 0.3 is 0 Å². The molecule has 1 amide bonds. The summed E-state index contributed by atoms with van der Waals surface area (Å²) in [4.78, 5) is 20.8. The summed E-state index contributed by atoms with van der Waals surface area (Å²) in [5, 5.41) is 3.03. The highest BCUT2D eigenvalue weighted by atomic mass is 19.1. The monoisotopic (exact) mass is 322 g/mol. The van der Waals surface area contributed by atoms with Gasteiger partial charge in [0.05, 0.1) is 6.04 Å². The van der Waals surface area contributed by atoms with E-state index < -0.39 is 0 Å². The van der Waals surface area contributed by atoms with Gasteiger partial charge < -0.3 is 5.32 Å². The summed E-state index contributed by atoms with van der Waals surface area (Å²) >= 11 is 0. The lowest BCUT2D eigenvalue weighted by Gasteiger charge is -2.14. The standard InChI is InChI=1S/C18H15FN4O/c19-14-2-3-15-12(9-14)1-4-16(15)22-18(24)13-5-6-21-17(10-13)23-8-7-20-11-23/h2-3,5-11,16H,1,4H2,(H,22,24)/t16-/m1/s1. The lowest BCUT2D eigenvalue weighted by atomic mass is 10.1. The van der Waals surface area contributed by atoms with E-state index in [-0.39, 0.29) is 17.8 Å². The van der Waals surface area contributed by atoms with Crippen molar-refractivity contribution >= 4 is 5.91 Å². The van der Waals surface area contributed by atoms with Gasteiger partial charge in [-0.3, -0.25) is 9.36 Å². The normalized spacial score (nSPS) is 16.0. The van der Waals surface area contributed by atoms with Crippen molar-refractivity contribution in [3.63, 3.8) is 0 Å². The highest BCUT2D eigenvalue weighted by Crippen LogP contribution is 2.31. The number of hydrogen-bond acceptors (Lipinski definition) is 3. The molecule has 6 heteroatoms. The van der Waals surface area contributed by atoms with E-state index in [1.165, 1.54) is 6.07 Å². The van der Waals surface area contributed by atoms with Crippen LogP contribution in [-0.2, 0) is 6.42 Å². The first kappa shape index (κ1) is 14.6. The molecule has 1 aliphatic carbocycles. The summed E-state index contributed by atoms with van der Waals surface area (Å²) in [6.07, 6.45) is 8.21. The van der Waals surface area contributed by atoms with Crippen LogP contribution < -0.4 is 5.32 Å². The maximum atomic E-state index is 13.3. The van der Waals surface area contributed by atoms with E-state index in [2.05, 4.69) is 15.3 Å². The fourth-order valence-electron chi connectivity index (χ4n) is 3.07. The predicted molar refractivity (Wildman–Crippen MR) is 86.3 cm³/mol. The highest BCUT2D eigenvalue weighted by Gasteiger charge is 2.24. The number of aromatic nitrogens is 3. The first-order chi connectivity index (χ1) is 11.7. The maximum absolute atomic E-state index is 13.3. The Kier molecular flexibility index (Phi) is 3.57. The Hall–Kier alpha value is -3.02. The van der Waals surface area contributed by atoms with Crippen LogP contribution in [0.15, 0.2) is 55.2 Å². The van der Waals surface area contributed by atoms with Crippen molar-refractivity contribution in [3.8, 4) is 5.82 Å². The first-order valence-electron chi connectivity index (χ1n) is 7.74. The largest absolute Gasteiger partial charge is 0.345 e. The van der Waals surface area contributed by atoms with E-state index in [9.17, 15) is 9.18 Å². The van der Waals surface area contributed by atoms with Crippen LogP contribution in [0.1, 0.15) is 33.9 Å². The summed E-state index contributed by atoms with van der Waals surface area (Å²) < 4.78 is 15.0. The van der Waals surface area contributed by atoms with E-state index in [0.29, 0.717) is 11.4 Å². The maximum Gasteiger partial charge on any atom is 0.251 e. The molecule has 0 fully saturated rings. The van der Waals surface area contributed by atoms with Crippen molar-refractivity contribution in [2.24, 2.45) is 0 Å². The lowest BCUT2D eigenvalue weighted by Crippen LogP contribution is -2.27. The number of carbonyl (C=O) groups is 1. The molecule has 0 saturated heterocycles. The molecule has 1 N–H and O–H groups in total. The van der Waals surface area contributed by atoms with E-state index in [1.54, 1.807) is 53.8 Å². The summed E-state index contributed by atoms with van der Waals surface area (Å²) in [6, 6.07) is 8.05. The number of rotatable bonds is 3. The Bertz CT molecular complexity index is 892. The van der Waals surface area contributed by atoms with Crippen LogP contribution in [0.25, 0.3) is 5.82 Å². The van der Waals surface area contributed by atoms with Crippen molar-refractivity contribution in [1.29, 1.82) is 0 Å². The number of fused-ring (bicyclic) bond motifs is 1. The number of carbonyl (C=O) groups excluding carboxylic acids is 1. The quantitative estimate of drug-likeness (QED) is 0.806. The second-order valence-corrected chi connectivity index (χ2v) is 5.78. The molecule has 2 aromatic heterocycles.